The summed E-state index contributed by atoms with van der Waals surface area (Å²) in [5.41, 5.74) is 0. The Morgan fingerprint density at radius 3 is 0.886 bits per heavy atom. The van der Waals surface area contributed by atoms with Crippen LogP contribution in [0.2, 0.25) is 0 Å². The summed E-state index contributed by atoms with van der Waals surface area (Å²) in [4.78, 5) is 38.1. The van der Waals surface area contributed by atoms with Crippen molar-refractivity contribution in [3.05, 3.63) is 85.1 Å². The minimum atomic E-state index is -0.785. The summed E-state index contributed by atoms with van der Waals surface area (Å²) in [7, 11) is 0. The minimum Gasteiger partial charge on any atom is -0.462 e. The SMILES string of the molecule is CC/C=C\C/C=C\C/C=C\C/C=C\C/C=C\C/C=C\CCCCCCCCC(=O)OCC(COC(=O)CCCCCCCCCCCCC)OC(=O)CCCCCCC/C=C\CCCCCCCCC. The third-order valence-electron chi connectivity index (χ3n) is 12.6. The first-order chi connectivity index (χ1) is 34.5. The van der Waals surface area contributed by atoms with Crippen molar-refractivity contribution in [1.82, 2.24) is 0 Å². The summed E-state index contributed by atoms with van der Waals surface area (Å²) >= 11 is 0. The monoisotopic (exact) mass is 975 g/mol. The molecule has 0 aromatic carbocycles. The molecule has 0 amide bonds. The zero-order chi connectivity index (χ0) is 50.7. The van der Waals surface area contributed by atoms with E-state index in [4.69, 9.17) is 14.2 Å². The Labute approximate surface area is 433 Å². The number of carbonyl (C=O) groups is 3. The van der Waals surface area contributed by atoms with Crippen LogP contribution in [0.1, 0.15) is 284 Å². The summed E-state index contributed by atoms with van der Waals surface area (Å²) in [5.74, 6) is -0.900. The average molecular weight is 976 g/mol. The van der Waals surface area contributed by atoms with Gasteiger partial charge in [-0.15, -0.1) is 0 Å². The van der Waals surface area contributed by atoms with Crippen molar-refractivity contribution in [2.45, 2.75) is 290 Å². The van der Waals surface area contributed by atoms with Gasteiger partial charge in [-0.25, -0.2) is 0 Å². The number of esters is 3. The lowest BCUT2D eigenvalue weighted by Crippen LogP contribution is -2.30. The quantitative estimate of drug-likeness (QED) is 0.0261. The fourth-order valence-electron chi connectivity index (χ4n) is 8.21. The van der Waals surface area contributed by atoms with Gasteiger partial charge in [0.2, 0.25) is 0 Å². The highest BCUT2D eigenvalue weighted by atomic mass is 16.6. The molecule has 0 aliphatic rings. The van der Waals surface area contributed by atoms with Crippen LogP contribution in [0.15, 0.2) is 85.1 Å². The molecule has 0 saturated heterocycles. The first-order valence-corrected chi connectivity index (χ1v) is 29.6. The molecule has 0 saturated carbocycles. The van der Waals surface area contributed by atoms with Crippen LogP contribution in [0.4, 0.5) is 0 Å². The Hall–Kier alpha value is -3.41. The summed E-state index contributed by atoms with van der Waals surface area (Å²) in [6.45, 7) is 6.51. The van der Waals surface area contributed by atoms with E-state index in [1.165, 1.54) is 122 Å². The zero-order valence-electron chi connectivity index (χ0n) is 46.0. The Morgan fingerprint density at radius 2 is 0.557 bits per heavy atom. The fraction of sp³-hybridized carbons (Fsp3) is 0.734. The maximum Gasteiger partial charge on any atom is 0.306 e. The molecule has 0 aromatic heterocycles. The van der Waals surface area contributed by atoms with Gasteiger partial charge in [0.1, 0.15) is 13.2 Å². The van der Waals surface area contributed by atoms with E-state index < -0.39 is 6.10 Å². The maximum absolute atomic E-state index is 12.8. The Bertz CT molecular complexity index is 1350. The van der Waals surface area contributed by atoms with Gasteiger partial charge in [-0.1, -0.05) is 254 Å². The first kappa shape index (κ1) is 66.6. The molecule has 0 N–H and O–H groups in total. The second-order valence-electron chi connectivity index (χ2n) is 19.5. The predicted octanol–water partition coefficient (Wildman–Crippen LogP) is 19.9. The molecule has 0 aliphatic heterocycles. The number of ether oxygens (including phenoxy) is 3. The Balaban J connectivity index is 4.34. The van der Waals surface area contributed by atoms with E-state index in [-0.39, 0.29) is 31.1 Å². The van der Waals surface area contributed by atoms with Crippen LogP contribution in [-0.2, 0) is 28.6 Å². The third-order valence-corrected chi connectivity index (χ3v) is 12.6. The van der Waals surface area contributed by atoms with E-state index in [0.29, 0.717) is 19.3 Å². The molecule has 6 heteroatoms. The molecule has 402 valence electrons. The minimum absolute atomic E-state index is 0.0824. The van der Waals surface area contributed by atoms with E-state index in [1.807, 2.05) is 0 Å². The zero-order valence-corrected chi connectivity index (χ0v) is 46.0. The van der Waals surface area contributed by atoms with Crippen LogP contribution in [-0.4, -0.2) is 37.2 Å². The van der Waals surface area contributed by atoms with Gasteiger partial charge in [0.05, 0.1) is 0 Å². The lowest BCUT2D eigenvalue weighted by Gasteiger charge is -2.18. The normalized spacial score (nSPS) is 12.7. The van der Waals surface area contributed by atoms with Gasteiger partial charge in [-0.3, -0.25) is 14.4 Å². The molecule has 0 aliphatic carbocycles. The number of hydrogen-bond donors (Lipinski definition) is 0. The summed E-state index contributed by atoms with van der Waals surface area (Å²) in [5, 5.41) is 0. The molecular formula is C64H110O6. The largest absolute Gasteiger partial charge is 0.462 e. The van der Waals surface area contributed by atoms with Crippen LogP contribution in [0.25, 0.3) is 0 Å². The number of carbonyl (C=O) groups excluding carboxylic acids is 3. The number of hydrogen-bond acceptors (Lipinski definition) is 6. The second kappa shape index (κ2) is 58.2. The molecule has 0 bridgehead atoms. The highest BCUT2D eigenvalue weighted by molar-refractivity contribution is 5.71. The van der Waals surface area contributed by atoms with Gasteiger partial charge < -0.3 is 14.2 Å². The summed E-state index contributed by atoms with van der Waals surface area (Å²) in [6, 6.07) is 0. The number of rotatable bonds is 53. The van der Waals surface area contributed by atoms with Crippen LogP contribution in [0.3, 0.4) is 0 Å². The molecule has 0 radical (unpaired) electrons. The molecule has 1 unspecified atom stereocenters. The van der Waals surface area contributed by atoms with Crippen molar-refractivity contribution in [3.8, 4) is 0 Å². The van der Waals surface area contributed by atoms with E-state index in [0.717, 1.165) is 122 Å². The third kappa shape index (κ3) is 55.5. The van der Waals surface area contributed by atoms with Crippen molar-refractivity contribution in [2.75, 3.05) is 13.2 Å². The van der Waals surface area contributed by atoms with Crippen LogP contribution < -0.4 is 0 Å². The molecule has 0 heterocycles. The Kier molecular flexibility index (Phi) is 55.3. The van der Waals surface area contributed by atoms with Crippen molar-refractivity contribution in [2.24, 2.45) is 0 Å². The summed E-state index contributed by atoms with van der Waals surface area (Å²) < 4.78 is 16.8. The highest BCUT2D eigenvalue weighted by Crippen LogP contribution is 2.15. The number of allylic oxidation sites excluding steroid dienone is 14. The maximum atomic E-state index is 12.8. The van der Waals surface area contributed by atoms with Gasteiger partial charge in [0.25, 0.3) is 0 Å². The molecule has 70 heavy (non-hydrogen) atoms. The lowest BCUT2D eigenvalue weighted by atomic mass is 10.1. The molecule has 0 rings (SSSR count). The second-order valence-corrected chi connectivity index (χ2v) is 19.5. The van der Waals surface area contributed by atoms with Crippen molar-refractivity contribution in [1.29, 1.82) is 0 Å². The Morgan fingerprint density at radius 1 is 0.300 bits per heavy atom. The van der Waals surface area contributed by atoms with Gasteiger partial charge in [0.15, 0.2) is 6.10 Å². The predicted molar refractivity (Wildman–Crippen MR) is 302 cm³/mol. The number of unbranched alkanes of at least 4 members (excludes halogenated alkanes) is 28. The van der Waals surface area contributed by atoms with Crippen molar-refractivity contribution >= 4 is 17.9 Å². The topological polar surface area (TPSA) is 78.9 Å². The van der Waals surface area contributed by atoms with E-state index in [2.05, 4.69) is 106 Å². The fourth-order valence-corrected chi connectivity index (χ4v) is 8.21. The highest BCUT2D eigenvalue weighted by Gasteiger charge is 2.19. The van der Waals surface area contributed by atoms with Crippen LogP contribution in [0.5, 0.6) is 0 Å². The molecule has 1 atom stereocenters. The smallest absolute Gasteiger partial charge is 0.306 e. The van der Waals surface area contributed by atoms with E-state index in [1.54, 1.807) is 0 Å². The first-order valence-electron chi connectivity index (χ1n) is 29.6. The summed E-state index contributed by atoms with van der Waals surface area (Å²) in [6.07, 6.45) is 75.7. The molecule has 0 aromatic rings. The average Bonchev–Trinajstić information content (AvgIpc) is 3.36. The molecular weight excluding hydrogens is 865 g/mol. The van der Waals surface area contributed by atoms with Gasteiger partial charge in [0, 0.05) is 19.3 Å². The lowest BCUT2D eigenvalue weighted by molar-refractivity contribution is -0.167. The van der Waals surface area contributed by atoms with Crippen LogP contribution >= 0.6 is 0 Å². The van der Waals surface area contributed by atoms with E-state index in [9.17, 15) is 14.4 Å². The van der Waals surface area contributed by atoms with Gasteiger partial charge in [-0.05, 0) is 96.3 Å². The molecule has 6 nitrogen and oxygen atoms in total. The standard InChI is InChI=1S/C64H110O6/c1-4-7-10-13-16-19-22-24-26-28-29-30-31-32-33-34-35-36-38-39-42-45-48-51-54-57-63(66)69-60-61(59-68-62(65)56-53-50-47-44-41-21-18-15-12-9-6-3)70-64(67)58-55-52-49-46-43-40-37-27-25-23-20-17-14-11-8-5-2/h7,10,16,19,24,26-27,29-30,32-33,35-37,61H,4-6,8-9,11-15,17-18,20-23,25,28,31,34,38-60H2,1-3H3/b10-7-,19-16-,26-24-,30-29-,33-32-,36-35-,37-27-. The van der Waals surface area contributed by atoms with Crippen LogP contribution in [0, 0.1) is 0 Å². The molecule has 0 fully saturated rings. The van der Waals surface area contributed by atoms with E-state index >= 15 is 0 Å². The van der Waals surface area contributed by atoms with Gasteiger partial charge in [-0.2, -0.15) is 0 Å². The molecule has 0 spiro atoms. The van der Waals surface area contributed by atoms with Crippen molar-refractivity contribution < 1.29 is 28.6 Å². The van der Waals surface area contributed by atoms with Crippen molar-refractivity contribution in [3.63, 3.8) is 0 Å². The van der Waals surface area contributed by atoms with Gasteiger partial charge >= 0.3 is 17.9 Å².